The van der Waals surface area contributed by atoms with E-state index in [2.05, 4.69) is 10.6 Å². The number of carbonyl (C=O) groups is 2. The predicted molar refractivity (Wildman–Crippen MR) is 97.6 cm³/mol. The Bertz CT molecular complexity index is 855. The number of thiocarbonyl (C=S) groups is 1. The van der Waals surface area contributed by atoms with E-state index in [0.717, 1.165) is 16.7 Å². The van der Waals surface area contributed by atoms with E-state index in [0.29, 0.717) is 11.4 Å². The molecular formula is C18H13ClN2O2S. The molecule has 4 nitrogen and oxygen atoms in total. The lowest BCUT2D eigenvalue weighted by atomic mass is 9.97. The molecule has 1 fully saturated rings. The average molecular weight is 357 g/mol. The molecule has 6 heteroatoms. The molecule has 120 valence electrons. The fourth-order valence-electron chi connectivity index (χ4n) is 2.44. The lowest BCUT2D eigenvalue weighted by Crippen LogP contribution is -2.51. The first-order chi connectivity index (χ1) is 11.5. The van der Waals surface area contributed by atoms with Gasteiger partial charge in [0, 0.05) is 5.02 Å². The second-order valence-electron chi connectivity index (χ2n) is 5.26. The van der Waals surface area contributed by atoms with Crippen molar-refractivity contribution in [2.45, 2.75) is 6.42 Å². The summed E-state index contributed by atoms with van der Waals surface area (Å²) in [6.45, 7) is 0. The minimum absolute atomic E-state index is 0.0199. The van der Waals surface area contributed by atoms with Gasteiger partial charge in [0.15, 0.2) is 5.11 Å². The number of amides is 2. The van der Waals surface area contributed by atoms with Crippen LogP contribution in [-0.2, 0) is 16.0 Å². The van der Waals surface area contributed by atoms with Gasteiger partial charge in [-0.05, 0) is 47.5 Å². The molecule has 0 aliphatic carbocycles. The van der Waals surface area contributed by atoms with Crippen LogP contribution < -0.4 is 10.6 Å². The third-order valence-corrected chi connectivity index (χ3v) is 4.21. The van der Waals surface area contributed by atoms with Crippen LogP contribution in [0.25, 0.3) is 6.08 Å². The Morgan fingerprint density at radius 1 is 0.917 bits per heavy atom. The number of carbonyl (C=O) groups excluding carboxylic acids is 2. The van der Waals surface area contributed by atoms with Gasteiger partial charge in [0.2, 0.25) is 0 Å². The van der Waals surface area contributed by atoms with E-state index in [1.165, 1.54) is 0 Å². The fourth-order valence-corrected chi connectivity index (χ4v) is 2.83. The number of halogens is 1. The number of benzene rings is 2. The quantitative estimate of drug-likeness (QED) is 0.505. The van der Waals surface area contributed by atoms with Crippen molar-refractivity contribution in [3.63, 3.8) is 0 Å². The van der Waals surface area contributed by atoms with E-state index in [9.17, 15) is 9.59 Å². The van der Waals surface area contributed by atoms with Gasteiger partial charge in [0.05, 0.1) is 0 Å². The normalized spacial score (nSPS) is 14.2. The maximum absolute atomic E-state index is 12.0. The van der Waals surface area contributed by atoms with E-state index in [4.69, 9.17) is 23.8 Å². The smallest absolute Gasteiger partial charge is 0.263 e. The second kappa shape index (κ2) is 6.95. The minimum atomic E-state index is -0.503. The van der Waals surface area contributed by atoms with Crippen LogP contribution in [0, 0.1) is 0 Å². The SMILES string of the molecule is O=C1NC(=S)NC(=O)C1=Cc1ccccc1Cc1ccccc1Cl. The molecule has 1 saturated heterocycles. The summed E-state index contributed by atoms with van der Waals surface area (Å²) in [5.41, 5.74) is 2.75. The van der Waals surface area contributed by atoms with Gasteiger partial charge in [-0.3, -0.25) is 20.2 Å². The molecule has 1 aliphatic heterocycles. The van der Waals surface area contributed by atoms with Crippen LogP contribution in [0.5, 0.6) is 0 Å². The molecule has 0 bridgehead atoms. The zero-order chi connectivity index (χ0) is 17.1. The molecular weight excluding hydrogens is 344 g/mol. The van der Waals surface area contributed by atoms with Crippen molar-refractivity contribution < 1.29 is 9.59 Å². The molecule has 0 spiro atoms. The highest BCUT2D eigenvalue weighted by Gasteiger charge is 2.25. The van der Waals surface area contributed by atoms with Gasteiger partial charge in [0.1, 0.15) is 5.57 Å². The molecule has 2 aromatic carbocycles. The van der Waals surface area contributed by atoms with Crippen molar-refractivity contribution in [2.75, 3.05) is 0 Å². The van der Waals surface area contributed by atoms with Gasteiger partial charge in [-0.1, -0.05) is 54.1 Å². The summed E-state index contributed by atoms with van der Waals surface area (Å²) >= 11 is 11.0. The van der Waals surface area contributed by atoms with Crippen LogP contribution in [0.4, 0.5) is 0 Å². The maximum Gasteiger partial charge on any atom is 0.263 e. The van der Waals surface area contributed by atoms with Crippen LogP contribution in [0.3, 0.4) is 0 Å². The molecule has 0 atom stereocenters. The number of hydrogen-bond acceptors (Lipinski definition) is 3. The first-order valence-electron chi connectivity index (χ1n) is 7.24. The Morgan fingerprint density at radius 3 is 2.17 bits per heavy atom. The van der Waals surface area contributed by atoms with Gasteiger partial charge in [-0.15, -0.1) is 0 Å². The summed E-state index contributed by atoms with van der Waals surface area (Å²) in [5, 5.41) is 5.56. The maximum atomic E-state index is 12.0. The Balaban J connectivity index is 1.97. The summed E-state index contributed by atoms with van der Waals surface area (Å²) in [6, 6.07) is 15.1. The van der Waals surface area contributed by atoms with Crippen molar-refractivity contribution in [3.8, 4) is 0 Å². The number of hydrogen-bond donors (Lipinski definition) is 2. The third-order valence-electron chi connectivity index (χ3n) is 3.64. The van der Waals surface area contributed by atoms with E-state index in [1.807, 2.05) is 48.5 Å². The predicted octanol–water partition coefficient (Wildman–Crippen LogP) is 2.85. The van der Waals surface area contributed by atoms with Crippen molar-refractivity contribution in [1.29, 1.82) is 0 Å². The average Bonchev–Trinajstić information content (AvgIpc) is 2.54. The van der Waals surface area contributed by atoms with Crippen molar-refractivity contribution in [3.05, 3.63) is 75.8 Å². The third kappa shape index (κ3) is 3.53. The number of rotatable bonds is 3. The largest absolute Gasteiger partial charge is 0.299 e. The molecule has 2 N–H and O–H groups in total. The highest BCUT2D eigenvalue weighted by atomic mass is 35.5. The summed E-state index contributed by atoms with van der Waals surface area (Å²) < 4.78 is 0. The summed E-state index contributed by atoms with van der Waals surface area (Å²) in [5.74, 6) is -1.01. The summed E-state index contributed by atoms with van der Waals surface area (Å²) in [4.78, 5) is 24.0. The van der Waals surface area contributed by atoms with Gasteiger partial charge >= 0.3 is 0 Å². The zero-order valence-corrected chi connectivity index (χ0v) is 14.1. The molecule has 1 aliphatic rings. The molecule has 0 radical (unpaired) electrons. The molecule has 24 heavy (non-hydrogen) atoms. The molecule has 0 saturated carbocycles. The van der Waals surface area contributed by atoms with Gasteiger partial charge in [0.25, 0.3) is 11.8 Å². The lowest BCUT2D eigenvalue weighted by molar-refractivity contribution is -0.123. The molecule has 0 aromatic heterocycles. The monoisotopic (exact) mass is 356 g/mol. The highest BCUT2D eigenvalue weighted by Crippen LogP contribution is 2.22. The van der Waals surface area contributed by atoms with Crippen LogP contribution in [0.2, 0.25) is 5.02 Å². The Morgan fingerprint density at radius 2 is 1.50 bits per heavy atom. The highest BCUT2D eigenvalue weighted by molar-refractivity contribution is 7.80. The first kappa shape index (κ1) is 16.4. The Kier molecular flexibility index (Phi) is 4.74. The summed E-state index contributed by atoms with van der Waals surface area (Å²) in [7, 11) is 0. The van der Waals surface area contributed by atoms with Crippen molar-refractivity contribution in [1.82, 2.24) is 10.6 Å². The molecule has 0 unspecified atom stereocenters. The van der Waals surface area contributed by atoms with E-state index < -0.39 is 11.8 Å². The first-order valence-corrected chi connectivity index (χ1v) is 8.03. The van der Waals surface area contributed by atoms with Gasteiger partial charge in [-0.25, -0.2) is 0 Å². The van der Waals surface area contributed by atoms with Gasteiger partial charge in [-0.2, -0.15) is 0 Å². The second-order valence-corrected chi connectivity index (χ2v) is 6.08. The standard InChI is InChI=1S/C18H13ClN2O2S/c19-15-8-4-3-7-13(15)9-11-5-1-2-6-12(11)10-14-16(22)20-18(24)21-17(14)23/h1-8,10H,9H2,(H2,20,21,22,23,24). The van der Waals surface area contributed by atoms with E-state index in [-0.39, 0.29) is 10.7 Å². The number of nitrogens with one attached hydrogen (secondary N) is 2. The molecule has 3 rings (SSSR count). The lowest BCUT2D eigenvalue weighted by Gasteiger charge is -2.17. The Labute approximate surface area is 149 Å². The van der Waals surface area contributed by atoms with E-state index in [1.54, 1.807) is 6.08 Å². The minimum Gasteiger partial charge on any atom is -0.299 e. The topological polar surface area (TPSA) is 58.2 Å². The van der Waals surface area contributed by atoms with Crippen LogP contribution >= 0.6 is 23.8 Å². The van der Waals surface area contributed by atoms with Crippen LogP contribution in [0.1, 0.15) is 16.7 Å². The summed E-state index contributed by atoms with van der Waals surface area (Å²) in [6.07, 6.45) is 2.17. The van der Waals surface area contributed by atoms with Gasteiger partial charge < -0.3 is 0 Å². The Hall–Kier alpha value is -2.50. The fraction of sp³-hybridized carbons (Fsp3) is 0.0556. The van der Waals surface area contributed by atoms with E-state index >= 15 is 0 Å². The van der Waals surface area contributed by atoms with Crippen molar-refractivity contribution >= 4 is 46.8 Å². The van der Waals surface area contributed by atoms with Crippen molar-refractivity contribution in [2.24, 2.45) is 0 Å². The molecule has 1 heterocycles. The van der Waals surface area contributed by atoms with Crippen LogP contribution in [0.15, 0.2) is 54.1 Å². The molecule has 2 amide bonds. The molecule has 2 aromatic rings. The van der Waals surface area contributed by atoms with Crippen LogP contribution in [-0.4, -0.2) is 16.9 Å². The zero-order valence-electron chi connectivity index (χ0n) is 12.5.